The summed E-state index contributed by atoms with van der Waals surface area (Å²) in [6.45, 7) is 9.57. The van der Waals surface area contributed by atoms with Gasteiger partial charge in [-0.2, -0.15) is 0 Å². The van der Waals surface area contributed by atoms with Gasteiger partial charge < -0.3 is 0 Å². The predicted octanol–water partition coefficient (Wildman–Crippen LogP) is 6.40. The molecule has 2 nitrogen and oxygen atoms in total. The van der Waals surface area contributed by atoms with Crippen LogP contribution in [-0.4, -0.2) is 22.8 Å². The first-order valence-electron chi connectivity index (χ1n) is 10.3. The third-order valence-corrected chi connectivity index (χ3v) is 6.16. The van der Waals surface area contributed by atoms with Gasteiger partial charge >= 0.3 is 0 Å². The third-order valence-electron chi connectivity index (χ3n) is 6.16. The molecule has 0 aromatic heterocycles. The number of Topliss-reactive ketones (excluding diaryl/α,β-unsaturated/α-hetero) is 1. The molecule has 4 rings (SSSR count). The molecule has 0 N–H and O–H groups in total. The van der Waals surface area contributed by atoms with Crippen LogP contribution >= 0.6 is 0 Å². The number of likely N-dealkylation sites (tertiary alicyclic amines) is 1. The molecule has 0 radical (unpaired) electrons. The molecule has 2 unspecified atom stereocenters. The average molecular weight is 384 g/mol. The van der Waals surface area contributed by atoms with E-state index in [0.29, 0.717) is 0 Å². The van der Waals surface area contributed by atoms with E-state index in [4.69, 9.17) is 0 Å². The van der Waals surface area contributed by atoms with Crippen molar-refractivity contribution in [3.63, 3.8) is 0 Å². The molecule has 0 aliphatic carbocycles. The minimum Gasteiger partial charge on any atom is -0.293 e. The zero-order chi connectivity index (χ0) is 20.6. The molecular weight excluding hydrogens is 354 g/mol. The molecule has 1 aliphatic rings. The van der Waals surface area contributed by atoms with Crippen molar-refractivity contribution in [1.82, 2.24) is 4.90 Å². The van der Waals surface area contributed by atoms with Gasteiger partial charge in [-0.05, 0) is 44.4 Å². The summed E-state index contributed by atoms with van der Waals surface area (Å²) >= 11 is 0. The number of rotatable bonds is 4. The van der Waals surface area contributed by atoms with Crippen LogP contribution in [0.25, 0.3) is 11.1 Å². The summed E-state index contributed by atoms with van der Waals surface area (Å²) in [6.07, 6.45) is 0. The van der Waals surface area contributed by atoms with Crippen LogP contribution in [0.5, 0.6) is 0 Å². The Kier molecular flexibility index (Phi) is 4.92. The number of nitrogens with zero attached hydrogens (tertiary/aromatic N) is 1. The molecule has 2 atom stereocenters. The van der Waals surface area contributed by atoms with Gasteiger partial charge in [0, 0.05) is 23.7 Å². The summed E-state index contributed by atoms with van der Waals surface area (Å²) < 4.78 is 0. The molecular formula is C27H29NO. The number of carbonyl (C=O) groups excluding carboxylic acids is 1. The highest BCUT2D eigenvalue weighted by atomic mass is 16.1. The number of carbonyl (C=O) groups is 1. The first-order chi connectivity index (χ1) is 13.8. The van der Waals surface area contributed by atoms with E-state index in [1.807, 2.05) is 36.4 Å². The maximum atomic E-state index is 13.6. The zero-order valence-electron chi connectivity index (χ0n) is 17.7. The van der Waals surface area contributed by atoms with Gasteiger partial charge in [0.1, 0.15) is 0 Å². The van der Waals surface area contributed by atoms with Gasteiger partial charge in [0.25, 0.3) is 0 Å². The molecule has 0 saturated carbocycles. The summed E-state index contributed by atoms with van der Waals surface area (Å²) in [7, 11) is 0. The lowest BCUT2D eigenvalue weighted by atomic mass is 9.64. The molecule has 1 aliphatic heterocycles. The lowest BCUT2D eigenvalue weighted by Gasteiger charge is -2.60. The Morgan fingerprint density at radius 2 is 1.34 bits per heavy atom. The Morgan fingerprint density at radius 3 is 1.90 bits per heavy atom. The third kappa shape index (κ3) is 3.54. The summed E-state index contributed by atoms with van der Waals surface area (Å²) in [5, 5.41) is 0. The Bertz CT molecular complexity index is 986. The van der Waals surface area contributed by atoms with Crippen LogP contribution in [0.3, 0.4) is 0 Å². The highest BCUT2D eigenvalue weighted by Crippen LogP contribution is 2.53. The Labute approximate surface area is 174 Å². The topological polar surface area (TPSA) is 20.3 Å². The van der Waals surface area contributed by atoms with Crippen LogP contribution in [0.1, 0.15) is 49.7 Å². The van der Waals surface area contributed by atoms with E-state index < -0.39 is 5.41 Å². The number of ketones is 1. The largest absolute Gasteiger partial charge is 0.293 e. The van der Waals surface area contributed by atoms with Crippen LogP contribution in [0.4, 0.5) is 0 Å². The SMILES string of the molecule is CC1(C(=O)c2ccc(-c3ccccc3)cc2)CN(C(C)(C)C)C1c1ccccc1. The van der Waals surface area contributed by atoms with E-state index in [0.717, 1.165) is 17.7 Å². The summed E-state index contributed by atoms with van der Waals surface area (Å²) in [5.74, 6) is 0.228. The molecule has 1 heterocycles. The number of hydrogen-bond donors (Lipinski definition) is 0. The van der Waals surface area contributed by atoms with Gasteiger partial charge in [0.2, 0.25) is 0 Å². The van der Waals surface area contributed by atoms with Crippen molar-refractivity contribution in [2.75, 3.05) is 6.54 Å². The molecule has 2 heteroatoms. The minimum absolute atomic E-state index is 0.0114. The molecule has 29 heavy (non-hydrogen) atoms. The molecule has 0 amide bonds. The van der Waals surface area contributed by atoms with Crippen molar-refractivity contribution in [2.24, 2.45) is 5.41 Å². The van der Waals surface area contributed by atoms with Gasteiger partial charge in [-0.15, -0.1) is 0 Å². The summed E-state index contributed by atoms with van der Waals surface area (Å²) in [6, 6.07) is 28.9. The van der Waals surface area contributed by atoms with Crippen molar-refractivity contribution in [3.8, 4) is 11.1 Å². The van der Waals surface area contributed by atoms with E-state index >= 15 is 0 Å². The normalized spacial score (nSPS) is 22.1. The second kappa shape index (κ2) is 7.27. The maximum Gasteiger partial charge on any atom is 0.171 e. The Balaban J connectivity index is 1.65. The quantitative estimate of drug-likeness (QED) is 0.486. The van der Waals surface area contributed by atoms with Gasteiger partial charge in [-0.3, -0.25) is 9.69 Å². The monoisotopic (exact) mass is 383 g/mol. The Morgan fingerprint density at radius 1 is 0.828 bits per heavy atom. The lowest BCUT2D eigenvalue weighted by molar-refractivity contribution is -0.0951. The second-order valence-electron chi connectivity index (χ2n) is 9.30. The molecule has 3 aromatic carbocycles. The minimum atomic E-state index is -0.428. The molecule has 0 spiro atoms. The van der Waals surface area contributed by atoms with Gasteiger partial charge in [-0.1, -0.05) is 84.9 Å². The van der Waals surface area contributed by atoms with Crippen molar-refractivity contribution >= 4 is 5.78 Å². The zero-order valence-corrected chi connectivity index (χ0v) is 17.7. The van der Waals surface area contributed by atoms with Crippen LogP contribution < -0.4 is 0 Å². The van der Waals surface area contributed by atoms with Crippen molar-refractivity contribution in [2.45, 2.75) is 39.3 Å². The number of benzene rings is 3. The van der Waals surface area contributed by atoms with Crippen LogP contribution in [0.2, 0.25) is 0 Å². The van der Waals surface area contributed by atoms with Crippen LogP contribution in [0.15, 0.2) is 84.9 Å². The fourth-order valence-corrected chi connectivity index (χ4v) is 4.54. The fraction of sp³-hybridized carbons (Fsp3) is 0.296. The molecule has 1 fully saturated rings. The maximum absolute atomic E-state index is 13.6. The highest BCUT2D eigenvalue weighted by Gasteiger charge is 2.57. The first kappa shape index (κ1) is 19.6. The van der Waals surface area contributed by atoms with Crippen molar-refractivity contribution in [3.05, 3.63) is 96.1 Å². The van der Waals surface area contributed by atoms with Crippen molar-refractivity contribution < 1.29 is 4.79 Å². The van der Waals surface area contributed by atoms with Gasteiger partial charge in [-0.25, -0.2) is 0 Å². The fourth-order valence-electron chi connectivity index (χ4n) is 4.54. The Hall–Kier alpha value is -2.71. The molecule has 0 bridgehead atoms. The molecule has 3 aromatic rings. The van der Waals surface area contributed by atoms with E-state index in [9.17, 15) is 4.79 Å². The van der Waals surface area contributed by atoms with Gasteiger partial charge in [0.05, 0.1) is 5.41 Å². The summed E-state index contributed by atoms with van der Waals surface area (Å²) in [4.78, 5) is 16.1. The predicted molar refractivity (Wildman–Crippen MR) is 120 cm³/mol. The van der Waals surface area contributed by atoms with E-state index in [1.54, 1.807) is 0 Å². The smallest absolute Gasteiger partial charge is 0.171 e. The van der Waals surface area contributed by atoms with Crippen molar-refractivity contribution in [1.29, 1.82) is 0 Å². The van der Waals surface area contributed by atoms with Gasteiger partial charge in [0.15, 0.2) is 5.78 Å². The van der Waals surface area contributed by atoms with E-state index in [1.165, 1.54) is 11.1 Å². The molecule has 1 saturated heterocycles. The summed E-state index contributed by atoms with van der Waals surface area (Å²) in [5.41, 5.74) is 3.90. The van der Waals surface area contributed by atoms with E-state index in [2.05, 4.69) is 81.1 Å². The molecule has 148 valence electrons. The lowest BCUT2D eigenvalue weighted by Crippen LogP contribution is -2.66. The highest BCUT2D eigenvalue weighted by molar-refractivity contribution is 6.02. The van der Waals surface area contributed by atoms with E-state index in [-0.39, 0.29) is 17.4 Å². The number of hydrogen-bond acceptors (Lipinski definition) is 2. The van der Waals surface area contributed by atoms with Crippen LogP contribution in [-0.2, 0) is 0 Å². The second-order valence-corrected chi connectivity index (χ2v) is 9.30. The average Bonchev–Trinajstić information content (AvgIpc) is 2.72. The van der Waals surface area contributed by atoms with Crippen LogP contribution in [0, 0.1) is 5.41 Å². The standard InChI is InChI=1S/C27H29NO/c1-26(2,3)28-19-27(4,24(28)22-13-9-6-10-14-22)25(29)23-17-15-21(16-18-23)20-11-7-5-8-12-20/h5-18,24H,19H2,1-4H3. The first-order valence-corrected chi connectivity index (χ1v) is 10.3.